The van der Waals surface area contributed by atoms with E-state index in [2.05, 4.69) is 70.7 Å². The van der Waals surface area contributed by atoms with E-state index in [9.17, 15) is 0 Å². The molecule has 1 aromatic heterocycles. The van der Waals surface area contributed by atoms with Crippen LogP contribution in [0.2, 0.25) is 0 Å². The summed E-state index contributed by atoms with van der Waals surface area (Å²) in [4.78, 5) is 4.80. The van der Waals surface area contributed by atoms with E-state index in [1.54, 1.807) is 0 Å². The van der Waals surface area contributed by atoms with Gasteiger partial charge in [0.05, 0.1) is 11.0 Å². The summed E-state index contributed by atoms with van der Waals surface area (Å²) in [5.74, 6) is 1.57. The number of fused-ring (bicyclic) bond motifs is 1. The average Bonchev–Trinajstić information content (AvgIpc) is 2.78. The van der Waals surface area contributed by atoms with Crippen LogP contribution < -0.4 is 0 Å². The van der Waals surface area contributed by atoms with Crippen LogP contribution in [0.5, 0.6) is 0 Å². The number of hydrogen-bond acceptors (Lipinski definition) is 1. The largest absolute Gasteiger partial charge is 0.296 e. The predicted molar refractivity (Wildman–Crippen MR) is 92.7 cm³/mol. The van der Waals surface area contributed by atoms with Crippen molar-refractivity contribution in [1.82, 2.24) is 9.55 Å². The number of para-hydroxylation sites is 1. The Morgan fingerprint density at radius 3 is 2.71 bits per heavy atom. The lowest BCUT2D eigenvalue weighted by molar-refractivity contribution is 0.910. The van der Waals surface area contributed by atoms with Gasteiger partial charge in [0.2, 0.25) is 0 Å². The number of hydrogen-bond donors (Lipinski definition) is 0. The van der Waals surface area contributed by atoms with E-state index < -0.39 is 0 Å². The van der Waals surface area contributed by atoms with E-state index in [1.807, 2.05) is 0 Å². The zero-order chi connectivity index (χ0) is 15.0. The molecular formula is C17H16BrClN2. The van der Waals surface area contributed by atoms with Crippen molar-refractivity contribution in [3.63, 3.8) is 0 Å². The van der Waals surface area contributed by atoms with Gasteiger partial charge in [-0.1, -0.05) is 28.1 Å². The third kappa shape index (κ3) is 2.72. The number of nitrogens with zero attached hydrogens (tertiary/aromatic N) is 2. The lowest BCUT2D eigenvalue weighted by atomic mass is 10.2. The quantitative estimate of drug-likeness (QED) is 0.586. The van der Waals surface area contributed by atoms with E-state index in [0.29, 0.717) is 5.88 Å². The lowest BCUT2D eigenvalue weighted by Crippen LogP contribution is -2.02. The molecule has 0 amide bonds. The van der Waals surface area contributed by atoms with Crippen molar-refractivity contribution < 1.29 is 0 Å². The minimum Gasteiger partial charge on any atom is -0.296 e. The Hall–Kier alpha value is -1.32. The van der Waals surface area contributed by atoms with Gasteiger partial charge in [0.25, 0.3) is 0 Å². The molecule has 0 saturated carbocycles. The van der Waals surface area contributed by atoms with Crippen LogP contribution in [0, 0.1) is 13.8 Å². The number of rotatable bonds is 3. The SMILES string of the molecule is Cc1cc(Br)cc(-n2c(CCCl)nc3c(C)cccc32)c1. The Bertz CT molecular complexity index is 788. The molecule has 108 valence electrons. The summed E-state index contributed by atoms with van der Waals surface area (Å²) in [5.41, 5.74) is 5.71. The third-order valence-corrected chi connectivity index (χ3v) is 4.21. The Morgan fingerprint density at radius 1 is 1.19 bits per heavy atom. The molecule has 2 nitrogen and oxygen atoms in total. The molecule has 0 radical (unpaired) electrons. The van der Waals surface area contributed by atoms with E-state index in [-0.39, 0.29) is 0 Å². The van der Waals surface area contributed by atoms with Gasteiger partial charge in [-0.15, -0.1) is 11.6 Å². The van der Waals surface area contributed by atoms with Crippen molar-refractivity contribution in [1.29, 1.82) is 0 Å². The molecule has 0 aliphatic rings. The summed E-state index contributed by atoms with van der Waals surface area (Å²) in [6.07, 6.45) is 0.751. The number of halogens is 2. The fourth-order valence-electron chi connectivity index (χ4n) is 2.67. The first-order valence-electron chi connectivity index (χ1n) is 6.90. The Labute approximate surface area is 137 Å². The number of aromatic nitrogens is 2. The molecule has 0 saturated heterocycles. The van der Waals surface area contributed by atoms with Gasteiger partial charge in [0.1, 0.15) is 5.82 Å². The van der Waals surface area contributed by atoms with E-state index in [0.717, 1.165) is 33.4 Å². The van der Waals surface area contributed by atoms with Crippen molar-refractivity contribution in [2.24, 2.45) is 0 Å². The lowest BCUT2D eigenvalue weighted by Gasteiger charge is -2.10. The summed E-state index contributed by atoms with van der Waals surface area (Å²) in [6.45, 7) is 4.19. The molecule has 0 N–H and O–H groups in total. The molecular weight excluding hydrogens is 348 g/mol. The normalized spacial score (nSPS) is 11.2. The van der Waals surface area contributed by atoms with Crippen molar-refractivity contribution in [3.05, 3.63) is 57.8 Å². The minimum absolute atomic E-state index is 0.565. The van der Waals surface area contributed by atoms with Crippen molar-refractivity contribution in [3.8, 4) is 5.69 Å². The van der Waals surface area contributed by atoms with Crippen LogP contribution >= 0.6 is 27.5 Å². The van der Waals surface area contributed by atoms with Crippen LogP contribution in [-0.2, 0) is 6.42 Å². The molecule has 2 aromatic carbocycles. The monoisotopic (exact) mass is 362 g/mol. The van der Waals surface area contributed by atoms with Gasteiger partial charge in [-0.3, -0.25) is 4.57 Å². The van der Waals surface area contributed by atoms with Crippen LogP contribution in [0.4, 0.5) is 0 Å². The summed E-state index contributed by atoms with van der Waals surface area (Å²) in [5, 5.41) is 0. The molecule has 0 unspecified atom stereocenters. The van der Waals surface area contributed by atoms with Gasteiger partial charge in [-0.25, -0.2) is 4.98 Å². The van der Waals surface area contributed by atoms with Gasteiger partial charge in [-0.2, -0.15) is 0 Å². The molecule has 3 aromatic rings. The van der Waals surface area contributed by atoms with Crippen LogP contribution in [0.1, 0.15) is 17.0 Å². The molecule has 0 atom stereocenters. The number of aryl methyl sites for hydroxylation is 3. The highest BCUT2D eigenvalue weighted by Crippen LogP contribution is 2.27. The molecule has 3 rings (SSSR count). The number of alkyl halides is 1. The predicted octanol–water partition coefficient (Wildman–Crippen LogP) is 5.19. The Kier molecular flexibility index (Phi) is 4.05. The zero-order valence-corrected chi connectivity index (χ0v) is 14.4. The topological polar surface area (TPSA) is 17.8 Å². The van der Waals surface area contributed by atoms with Crippen molar-refractivity contribution in [2.45, 2.75) is 20.3 Å². The van der Waals surface area contributed by atoms with E-state index >= 15 is 0 Å². The van der Waals surface area contributed by atoms with Crippen LogP contribution in [-0.4, -0.2) is 15.4 Å². The molecule has 0 aliphatic carbocycles. The Morgan fingerprint density at radius 2 is 2.00 bits per heavy atom. The van der Waals surface area contributed by atoms with Crippen LogP contribution in [0.25, 0.3) is 16.7 Å². The highest BCUT2D eigenvalue weighted by molar-refractivity contribution is 9.10. The average molecular weight is 364 g/mol. The fraction of sp³-hybridized carbons (Fsp3) is 0.235. The van der Waals surface area contributed by atoms with Gasteiger partial charge >= 0.3 is 0 Å². The summed E-state index contributed by atoms with van der Waals surface area (Å²) in [7, 11) is 0. The maximum absolute atomic E-state index is 5.96. The summed E-state index contributed by atoms with van der Waals surface area (Å²) < 4.78 is 3.28. The summed E-state index contributed by atoms with van der Waals surface area (Å²) >= 11 is 9.54. The van der Waals surface area contributed by atoms with Gasteiger partial charge in [0.15, 0.2) is 0 Å². The van der Waals surface area contributed by atoms with Gasteiger partial charge in [-0.05, 0) is 49.2 Å². The first-order chi connectivity index (χ1) is 10.1. The molecule has 0 bridgehead atoms. The van der Waals surface area contributed by atoms with E-state index in [1.165, 1.54) is 11.1 Å². The van der Waals surface area contributed by atoms with Gasteiger partial charge in [0, 0.05) is 22.5 Å². The molecule has 4 heteroatoms. The smallest absolute Gasteiger partial charge is 0.115 e. The molecule has 21 heavy (non-hydrogen) atoms. The van der Waals surface area contributed by atoms with Crippen LogP contribution in [0.15, 0.2) is 40.9 Å². The second kappa shape index (κ2) is 5.82. The number of imidazole rings is 1. The highest BCUT2D eigenvalue weighted by atomic mass is 79.9. The first-order valence-corrected chi connectivity index (χ1v) is 8.23. The maximum Gasteiger partial charge on any atom is 0.115 e. The van der Waals surface area contributed by atoms with Crippen molar-refractivity contribution in [2.75, 3.05) is 5.88 Å². The van der Waals surface area contributed by atoms with Gasteiger partial charge < -0.3 is 0 Å². The third-order valence-electron chi connectivity index (χ3n) is 3.56. The highest BCUT2D eigenvalue weighted by Gasteiger charge is 2.13. The zero-order valence-electron chi connectivity index (χ0n) is 12.0. The number of benzene rings is 2. The molecule has 1 heterocycles. The maximum atomic E-state index is 5.96. The second-order valence-corrected chi connectivity index (χ2v) is 6.53. The summed E-state index contributed by atoms with van der Waals surface area (Å²) in [6, 6.07) is 12.7. The molecule has 0 fully saturated rings. The molecule has 0 spiro atoms. The minimum atomic E-state index is 0.565. The standard InChI is InChI=1S/C17H16BrClN2/c1-11-8-13(18)10-14(9-11)21-15-5-3-4-12(2)17(15)20-16(21)6-7-19/h3-5,8-10H,6-7H2,1-2H3. The molecule has 0 aliphatic heterocycles. The second-order valence-electron chi connectivity index (χ2n) is 5.23. The van der Waals surface area contributed by atoms with Crippen LogP contribution in [0.3, 0.4) is 0 Å². The van der Waals surface area contributed by atoms with E-state index in [4.69, 9.17) is 16.6 Å². The fourth-order valence-corrected chi connectivity index (χ4v) is 3.44. The Balaban J connectivity index is 2.33. The first kappa shape index (κ1) is 14.6. The van der Waals surface area contributed by atoms with Crippen molar-refractivity contribution >= 4 is 38.6 Å².